The Morgan fingerprint density at radius 3 is 0.802 bits per heavy atom. The van der Waals surface area contributed by atoms with E-state index in [1.54, 1.807) is 0 Å². The van der Waals surface area contributed by atoms with Crippen molar-refractivity contribution in [3.63, 3.8) is 0 Å². The van der Waals surface area contributed by atoms with Gasteiger partial charge in [-0.05, 0) is 148 Å². The minimum atomic E-state index is -4.95. The minimum Gasteiger partial charge on any atom is -0.463 e. The highest BCUT2D eigenvalue weighted by Gasteiger charge is 2.29. The first-order valence-electron chi connectivity index (χ1n) is 38.4. The molecule has 0 radical (unpaired) electrons. The van der Waals surface area contributed by atoms with Crippen molar-refractivity contribution in [2.75, 3.05) is 39.6 Å². The second kappa shape index (κ2) is 74.6. The van der Waals surface area contributed by atoms with Crippen LogP contribution in [0.2, 0.25) is 0 Å². The monoisotopic (exact) mass is 1450 g/mol. The molecule has 574 valence electrons. The van der Waals surface area contributed by atoms with Crippen LogP contribution in [0.1, 0.15) is 278 Å². The van der Waals surface area contributed by atoms with Crippen LogP contribution in [0.3, 0.4) is 0 Å². The summed E-state index contributed by atoms with van der Waals surface area (Å²) in [5.74, 6) is -1.66. The number of allylic oxidation sites excluding steroid dienone is 28. The highest BCUT2D eigenvalue weighted by atomic mass is 31.2. The number of phosphoric ester groups is 2. The van der Waals surface area contributed by atoms with Gasteiger partial charge in [0.2, 0.25) is 0 Å². The Kier molecular flexibility index (Phi) is 70.9. The van der Waals surface area contributed by atoms with E-state index < -0.39 is 91.5 Å². The van der Waals surface area contributed by atoms with E-state index in [1.807, 2.05) is 0 Å². The van der Waals surface area contributed by atoms with Crippen molar-refractivity contribution in [2.45, 2.75) is 296 Å². The molecule has 0 aliphatic heterocycles. The predicted molar refractivity (Wildman–Crippen MR) is 417 cm³/mol. The van der Waals surface area contributed by atoms with Crippen molar-refractivity contribution in [1.29, 1.82) is 0 Å². The summed E-state index contributed by atoms with van der Waals surface area (Å²) in [5, 5.41) is 20.6. The van der Waals surface area contributed by atoms with E-state index in [0.29, 0.717) is 19.3 Å². The highest BCUT2D eigenvalue weighted by molar-refractivity contribution is 7.47. The standard InChI is InChI=1S/C83H136O16P2/c1-4-7-10-13-16-19-22-25-28-30-32-34-35-36-37-38-39-40-41-43-45-46-49-51-54-57-60-63-66-69-81(86)93-72-78(84)73-95-100(89,90)96-74-79(85)75-97-101(91,92)98-77-80(99-83(88)71-68-65-62-59-56-53-48-27-24-21-18-15-12-9-6-3)76-94-82(87)70-67-64-61-58-55-52-50-47-44-42-33-31-29-26-23-20-17-14-11-8-5-2/h7-12,16-21,25-29,32-34,36-37,42,47-48,50,55,58,78-80,84-85H,4-6,13-15,22-24,30-31,35,38-41,43-46,49,51-54,56-57,59-77H2,1-3H3,(H,89,90)(H,91,92)/b10-7-,11-8-,12-9-,19-16-,20-17-,21-18-,28-25-,29-26-,34-32-,37-36-,42-33-,48-27-,50-47-,58-55-. The maximum Gasteiger partial charge on any atom is 0.472 e. The summed E-state index contributed by atoms with van der Waals surface area (Å²) in [4.78, 5) is 58.6. The third-order valence-electron chi connectivity index (χ3n) is 15.4. The Hall–Kier alpha value is -5.09. The van der Waals surface area contributed by atoms with Gasteiger partial charge in [-0.15, -0.1) is 0 Å². The quantitative estimate of drug-likeness (QED) is 0.0146. The Morgan fingerprint density at radius 1 is 0.277 bits per heavy atom. The largest absolute Gasteiger partial charge is 0.472 e. The average molecular weight is 1450 g/mol. The maximum absolute atomic E-state index is 12.9. The van der Waals surface area contributed by atoms with Crippen LogP contribution in [0.5, 0.6) is 0 Å². The molecule has 0 aromatic heterocycles. The van der Waals surface area contributed by atoms with E-state index in [2.05, 4.69) is 191 Å². The van der Waals surface area contributed by atoms with Gasteiger partial charge >= 0.3 is 33.6 Å². The van der Waals surface area contributed by atoms with Crippen molar-refractivity contribution in [2.24, 2.45) is 0 Å². The molecule has 16 nitrogen and oxygen atoms in total. The fourth-order valence-corrected chi connectivity index (χ4v) is 11.3. The second-order valence-corrected chi connectivity index (χ2v) is 27.9. The molecule has 0 aliphatic rings. The van der Waals surface area contributed by atoms with Gasteiger partial charge in [0, 0.05) is 19.3 Å². The van der Waals surface area contributed by atoms with Gasteiger partial charge in [-0.2, -0.15) is 0 Å². The number of ether oxygens (including phenoxy) is 3. The lowest BCUT2D eigenvalue weighted by Gasteiger charge is -2.21. The Balaban J connectivity index is 4.59. The fraction of sp³-hybridized carbons (Fsp3) is 0.627. The smallest absolute Gasteiger partial charge is 0.463 e. The molecule has 0 aromatic carbocycles. The maximum atomic E-state index is 12.9. The van der Waals surface area contributed by atoms with E-state index in [1.165, 1.54) is 57.8 Å². The van der Waals surface area contributed by atoms with E-state index in [0.717, 1.165) is 161 Å². The molecule has 0 fully saturated rings. The molecule has 0 aromatic rings. The van der Waals surface area contributed by atoms with Crippen LogP contribution in [0, 0.1) is 0 Å². The van der Waals surface area contributed by atoms with Gasteiger partial charge in [-0.25, -0.2) is 9.13 Å². The van der Waals surface area contributed by atoms with Crippen molar-refractivity contribution < 1.29 is 75.8 Å². The average Bonchev–Trinajstić information content (AvgIpc) is 1.09. The van der Waals surface area contributed by atoms with Crippen LogP contribution >= 0.6 is 15.6 Å². The molecular weight excluding hydrogens is 1310 g/mol. The number of hydrogen-bond donors (Lipinski definition) is 4. The van der Waals surface area contributed by atoms with Gasteiger partial charge in [0.05, 0.1) is 26.4 Å². The van der Waals surface area contributed by atoms with Crippen LogP contribution in [0.15, 0.2) is 170 Å². The number of aliphatic hydroxyl groups is 2. The Bertz CT molecular complexity index is 2520. The molecule has 0 bridgehead atoms. The lowest BCUT2D eigenvalue weighted by molar-refractivity contribution is -0.161. The number of aliphatic hydroxyl groups excluding tert-OH is 2. The molecule has 0 aliphatic carbocycles. The molecule has 5 atom stereocenters. The Labute approximate surface area is 612 Å². The van der Waals surface area contributed by atoms with E-state index in [-0.39, 0.29) is 19.3 Å². The molecule has 4 N–H and O–H groups in total. The van der Waals surface area contributed by atoms with Crippen LogP contribution in [0.4, 0.5) is 0 Å². The number of carbonyl (C=O) groups excluding carboxylic acids is 3. The van der Waals surface area contributed by atoms with Gasteiger partial charge in [-0.3, -0.25) is 32.5 Å². The van der Waals surface area contributed by atoms with Crippen LogP contribution in [0.25, 0.3) is 0 Å². The lowest BCUT2D eigenvalue weighted by Crippen LogP contribution is -2.30. The molecule has 0 rings (SSSR count). The van der Waals surface area contributed by atoms with E-state index >= 15 is 0 Å². The van der Waals surface area contributed by atoms with Gasteiger partial charge in [0.15, 0.2) is 6.10 Å². The number of hydrogen-bond acceptors (Lipinski definition) is 14. The number of phosphoric acid groups is 2. The number of rotatable bonds is 71. The van der Waals surface area contributed by atoms with Crippen molar-refractivity contribution in [1.82, 2.24) is 0 Å². The third-order valence-corrected chi connectivity index (χ3v) is 17.3. The second-order valence-electron chi connectivity index (χ2n) is 25.0. The topological polar surface area (TPSA) is 231 Å². The third kappa shape index (κ3) is 75.9. The van der Waals surface area contributed by atoms with Crippen LogP contribution in [-0.2, 0) is 55.8 Å². The molecule has 0 heterocycles. The summed E-state index contributed by atoms with van der Waals surface area (Å²) >= 11 is 0. The van der Waals surface area contributed by atoms with Gasteiger partial charge < -0.3 is 34.2 Å². The number of esters is 3. The van der Waals surface area contributed by atoms with Gasteiger partial charge in [0.25, 0.3) is 0 Å². The Morgan fingerprint density at radius 2 is 0.495 bits per heavy atom. The zero-order valence-electron chi connectivity index (χ0n) is 62.5. The van der Waals surface area contributed by atoms with Gasteiger partial charge in [0.1, 0.15) is 25.4 Å². The van der Waals surface area contributed by atoms with Crippen LogP contribution in [-0.4, -0.2) is 95.9 Å². The van der Waals surface area contributed by atoms with Crippen LogP contribution < -0.4 is 0 Å². The SMILES string of the molecule is CC/C=C\C/C=C\C/C=C\C/C=C\C/C=C\C/C=C\CCCCC(=O)OCC(COP(=O)(O)OCC(O)COP(=O)(O)OCC(O)COC(=O)CCCCCCCCCCCCCCC/C=C\C/C=C\C/C=C\C/C=C\C/C=C\CC)OC(=O)CCCCCCC/C=C\C/C=C\C/C=C\CC. The van der Waals surface area contributed by atoms with Crippen molar-refractivity contribution >= 4 is 33.6 Å². The van der Waals surface area contributed by atoms with E-state index in [4.69, 9.17) is 32.3 Å². The van der Waals surface area contributed by atoms with Crippen molar-refractivity contribution in [3.05, 3.63) is 170 Å². The number of unbranched alkanes of at least 4 members (excludes halogenated alkanes) is 20. The zero-order chi connectivity index (χ0) is 73.7. The molecule has 0 spiro atoms. The number of carbonyl (C=O) groups is 3. The molecule has 5 unspecified atom stereocenters. The lowest BCUT2D eigenvalue weighted by atomic mass is 10.0. The summed E-state index contributed by atoms with van der Waals surface area (Å²) < 4.78 is 61.0. The molecule has 0 saturated heterocycles. The first-order chi connectivity index (χ1) is 49.2. The molecule has 0 amide bonds. The summed E-state index contributed by atoms with van der Waals surface area (Å²) in [6.07, 6.45) is 94.1. The summed E-state index contributed by atoms with van der Waals surface area (Å²) in [6, 6.07) is 0. The summed E-state index contributed by atoms with van der Waals surface area (Å²) in [5.41, 5.74) is 0. The minimum absolute atomic E-state index is 0.0693. The van der Waals surface area contributed by atoms with E-state index in [9.17, 15) is 43.5 Å². The first-order valence-corrected chi connectivity index (χ1v) is 41.4. The summed E-state index contributed by atoms with van der Waals surface area (Å²) in [7, 11) is -9.82. The summed E-state index contributed by atoms with van der Waals surface area (Å²) in [6.45, 7) is 2.25. The molecular formula is C83H136O16P2. The molecule has 0 saturated carbocycles. The predicted octanol–water partition coefficient (Wildman–Crippen LogP) is 22.4. The van der Waals surface area contributed by atoms with Crippen molar-refractivity contribution in [3.8, 4) is 0 Å². The zero-order valence-corrected chi connectivity index (χ0v) is 64.3. The van der Waals surface area contributed by atoms with Gasteiger partial charge in [-0.1, -0.05) is 281 Å². The first kappa shape index (κ1) is 95.9. The normalized spacial score (nSPS) is 15.0. The highest BCUT2D eigenvalue weighted by Crippen LogP contribution is 2.45. The molecule has 101 heavy (non-hydrogen) atoms. The molecule has 18 heteroatoms. The fourth-order valence-electron chi connectivity index (χ4n) is 9.67.